The van der Waals surface area contributed by atoms with Crippen LogP contribution in [-0.2, 0) is 76.4 Å². The lowest BCUT2D eigenvalue weighted by atomic mass is 9.44. The summed E-state index contributed by atoms with van der Waals surface area (Å²) >= 11 is 0. The zero-order chi connectivity index (χ0) is 46.9. The predicted molar refractivity (Wildman–Crippen MR) is 220 cm³/mol. The van der Waals surface area contributed by atoms with Crippen molar-refractivity contribution in [1.82, 2.24) is 0 Å². The Morgan fingerprint density at radius 3 is 1.08 bits per heavy atom. The van der Waals surface area contributed by atoms with Crippen LogP contribution in [0.3, 0.4) is 0 Å². The molecule has 0 saturated heterocycles. The molecule has 0 heterocycles. The van der Waals surface area contributed by atoms with Crippen molar-refractivity contribution in [1.29, 1.82) is 0 Å². The van der Waals surface area contributed by atoms with Gasteiger partial charge in [0.05, 0.1) is 42.7 Å². The van der Waals surface area contributed by atoms with E-state index in [1.807, 2.05) is 38.2 Å². The SMILES string of the molecule is COC(=O)C1(C(=O)OC)CC[C@@]2(C)[C@@H](C=C[C@H]3[C@@H]4CCC(=O)[C@@]4(C(=O)OC)CC(=O)[C@@H]32)C1.COC(=O)C1(C(=O)OC)CC[C@]2(C)[C@H](C=C[C@@H]3[C@H]4CCC(=O)[C@]4(C(=O)OC)CC(=O)[C@H]32)C1. The van der Waals surface area contributed by atoms with Gasteiger partial charge < -0.3 is 28.4 Å². The van der Waals surface area contributed by atoms with Gasteiger partial charge in [-0.15, -0.1) is 0 Å². The minimum Gasteiger partial charge on any atom is -0.468 e. The minimum atomic E-state index is -1.40. The lowest BCUT2D eigenvalue weighted by Gasteiger charge is -2.57. The molecule has 0 aliphatic heterocycles. The summed E-state index contributed by atoms with van der Waals surface area (Å²) in [5, 5.41) is 0. The number of esters is 6. The Labute approximate surface area is 372 Å². The summed E-state index contributed by atoms with van der Waals surface area (Å²) < 4.78 is 29.8. The average Bonchev–Trinajstić information content (AvgIpc) is 3.82. The molecule has 0 amide bonds. The Balaban J connectivity index is 0.000000191. The zero-order valence-electron chi connectivity index (χ0n) is 37.9. The smallest absolute Gasteiger partial charge is 0.323 e. The van der Waals surface area contributed by atoms with Crippen LogP contribution in [0.1, 0.15) is 90.9 Å². The first kappa shape index (κ1) is 47.0. The quantitative estimate of drug-likeness (QED) is 0.158. The van der Waals surface area contributed by atoms with Gasteiger partial charge in [-0.1, -0.05) is 38.2 Å². The number of Topliss-reactive ketones (excluding diaryl/α,β-unsaturated/α-hetero) is 4. The highest BCUT2D eigenvalue weighted by molar-refractivity contribution is 6.11. The number of allylic oxidation sites excluding steroid dienone is 4. The summed E-state index contributed by atoms with van der Waals surface area (Å²) in [5.41, 5.74) is -6.59. The highest BCUT2D eigenvalue weighted by atomic mass is 16.6. The van der Waals surface area contributed by atoms with Crippen LogP contribution in [0.25, 0.3) is 0 Å². The molecular formula is C48H60O16. The van der Waals surface area contributed by atoms with Crippen LogP contribution in [-0.4, -0.2) is 102 Å². The second kappa shape index (κ2) is 16.4. The Kier molecular flexibility index (Phi) is 12.1. The molecule has 0 aromatic rings. The van der Waals surface area contributed by atoms with Gasteiger partial charge in [0.15, 0.2) is 22.4 Å². The first-order chi connectivity index (χ1) is 30.2. The molecule has 8 aliphatic carbocycles. The van der Waals surface area contributed by atoms with Crippen LogP contribution in [0.15, 0.2) is 24.3 Å². The summed E-state index contributed by atoms with van der Waals surface area (Å²) in [6, 6.07) is 0. The van der Waals surface area contributed by atoms with Gasteiger partial charge in [0.2, 0.25) is 0 Å². The van der Waals surface area contributed by atoms with Crippen molar-refractivity contribution in [2.75, 3.05) is 42.7 Å². The van der Waals surface area contributed by atoms with Crippen LogP contribution in [0, 0.1) is 79.8 Å². The fourth-order valence-electron chi connectivity index (χ4n) is 14.6. The molecule has 0 radical (unpaired) electrons. The molecule has 0 aromatic carbocycles. The van der Waals surface area contributed by atoms with Crippen molar-refractivity contribution in [3.63, 3.8) is 0 Å². The van der Waals surface area contributed by atoms with Gasteiger partial charge >= 0.3 is 35.8 Å². The Hall–Kier alpha value is -5.02. The Morgan fingerprint density at radius 2 is 0.781 bits per heavy atom. The van der Waals surface area contributed by atoms with E-state index >= 15 is 0 Å². The van der Waals surface area contributed by atoms with Crippen molar-refractivity contribution in [3.8, 4) is 0 Å². The van der Waals surface area contributed by atoms with Crippen LogP contribution in [0.5, 0.6) is 0 Å². The number of ketones is 4. The molecule has 348 valence electrons. The standard InChI is InChI=1S/2C24H30O8/c2*1-22-9-10-23(19(27)30-2,20(28)31-3)11-13(22)5-6-14-15-7-8-17(26)24(15,21(29)32-4)12-16(25)18(14)22/h2*5-6,13-15,18H,7-12H2,1-4H3/t2*13-,14-,15-,18+,22-,24+/m10/s1. The summed E-state index contributed by atoms with van der Waals surface area (Å²) in [6.45, 7) is 4.05. The molecule has 64 heavy (non-hydrogen) atoms. The van der Waals surface area contributed by atoms with Crippen LogP contribution < -0.4 is 0 Å². The normalized spacial score (nSPS) is 39.4. The summed E-state index contributed by atoms with van der Waals surface area (Å²) in [5.74, 6) is -6.67. The third-order valence-corrected chi connectivity index (χ3v) is 17.9. The van der Waals surface area contributed by atoms with Gasteiger partial charge in [0, 0.05) is 37.5 Å². The monoisotopic (exact) mass is 892 g/mol. The maximum absolute atomic E-state index is 13.6. The topological polar surface area (TPSA) is 226 Å². The molecule has 6 fully saturated rings. The second-order valence-electron chi connectivity index (χ2n) is 20.0. The molecule has 16 heteroatoms. The number of hydrogen-bond donors (Lipinski definition) is 0. The van der Waals surface area contributed by atoms with Gasteiger partial charge in [0.25, 0.3) is 0 Å². The first-order valence-electron chi connectivity index (χ1n) is 22.2. The van der Waals surface area contributed by atoms with Crippen molar-refractivity contribution in [2.45, 2.75) is 90.9 Å². The van der Waals surface area contributed by atoms with Gasteiger partial charge in [-0.25, -0.2) is 0 Å². The third-order valence-electron chi connectivity index (χ3n) is 17.9. The molecule has 6 saturated carbocycles. The van der Waals surface area contributed by atoms with E-state index in [-0.39, 0.29) is 122 Å². The predicted octanol–water partition coefficient (Wildman–Crippen LogP) is 4.08. The molecule has 0 spiro atoms. The molecule has 0 N–H and O–H groups in total. The van der Waals surface area contributed by atoms with E-state index in [4.69, 9.17) is 28.4 Å². The van der Waals surface area contributed by atoms with Gasteiger partial charge in [0.1, 0.15) is 22.4 Å². The lowest BCUT2D eigenvalue weighted by molar-refractivity contribution is -0.182. The van der Waals surface area contributed by atoms with Crippen molar-refractivity contribution in [3.05, 3.63) is 24.3 Å². The summed E-state index contributed by atoms with van der Waals surface area (Å²) in [7, 11) is 7.52. The number of rotatable bonds is 6. The average molecular weight is 893 g/mol. The van der Waals surface area contributed by atoms with E-state index in [1.54, 1.807) is 0 Å². The maximum atomic E-state index is 13.6. The van der Waals surface area contributed by atoms with Crippen LogP contribution in [0.4, 0.5) is 0 Å². The fraction of sp³-hybridized carbons (Fsp3) is 0.708. The van der Waals surface area contributed by atoms with Gasteiger partial charge in [-0.05, 0) is 97.7 Å². The van der Waals surface area contributed by atoms with Crippen LogP contribution >= 0.6 is 0 Å². The Morgan fingerprint density at radius 1 is 0.469 bits per heavy atom. The van der Waals surface area contributed by atoms with Crippen LogP contribution in [0.2, 0.25) is 0 Å². The third kappa shape index (κ3) is 6.25. The number of hydrogen-bond acceptors (Lipinski definition) is 16. The molecule has 16 nitrogen and oxygen atoms in total. The molecule has 8 aliphatic rings. The number of methoxy groups -OCH3 is 6. The number of carbonyl (C=O) groups is 10. The molecule has 0 bridgehead atoms. The Bertz CT molecular complexity index is 1950. The maximum Gasteiger partial charge on any atom is 0.323 e. The molecule has 12 atom stereocenters. The van der Waals surface area contributed by atoms with E-state index in [0.29, 0.717) is 25.7 Å². The largest absolute Gasteiger partial charge is 0.468 e. The van der Waals surface area contributed by atoms with E-state index < -0.39 is 68.3 Å². The number of carbonyl (C=O) groups excluding carboxylic acids is 10. The van der Waals surface area contributed by atoms with Crippen molar-refractivity contribution in [2.24, 2.45) is 79.8 Å². The number of ether oxygens (including phenoxy) is 6. The van der Waals surface area contributed by atoms with Crippen molar-refractivity contribution < 1.29 is 76.4 Å². The van der Waals surface area contributed by atoms with Gasteiger partial charge in [-0.2, -0.15) is 0 Å². The zero-order valence-corrected chi connectivity index (χ0v) is 37.9. The highest BCUT2D eigenvalue weighted by Gasteiger charge is 2.71. The molecular weight excluding hydrogens is 833 g/mol. The highest BCUT2D eigenvalue weighted by Crippen LogP contribution is 2.67. The van der Waals surface area contributed by atoms with E-state index in [1.165, 1.54) is 42.7 Å². The van der Waals surface area contributed by atoms with E-state index in [0.717, 1.165) is 0 Å². The first-order valence-corrected chi connectivity index (χ1v) is 22.2. The number of fused-ring (bicyclic) bond motifs is 10. The van der Waals surface area contributed by atoms with E-state index in [2.05, 4.69) is 0 Å². The fourth-order valence-corrected chi connectivity index (χ4v) is 14.6. The van der Waals surface area contributed by atoms with E-state index in [9.17, 15) is 47.9 Å². The lowest BCUT2D eigenvalue weighted by Crippen LogP contribution is -2.60. The van der Waals surface area contributed by atoms with Crippen molar-refractivity contribution >= 4 is 58.9 Å². The molecule has 8 rings (SSSR count). The second-order valence-corrected chi connectivity index (χ2v) is 20.0. The molecule has 0 aromatic heterocycles. The minimum absolute atomic E-state index is 0.118. The summed E-state index contributed by atoms with van der Waals surface area (Å²) in [6.07, 6.45) is 10.8. The summed E-state index contributed by atoms with van der Waals surface area (Å²) in [4.78, 5) is 129. The van der Waals surface area contributed by atoms with Gasteiger partial charge in [-0.3, -0.25) is 47.9 Å². The molecule has 0 unspecified atom stereocenters.